The Morgan fingerprint density at radius 1 is 1.24 bits per heavy atom. The number of halogens is 1. The predicted molar refractivity (Wildman–Crippen MR) is 85.4 cm³/mol. The van der Waals surface area contributed by atoms with Crippen LogP contribution in [0.3, 0.4) is 0 Å². The van der Waals surface area contributed by atoms with E-state index in [1.54, 1.807) is 0 Å². The van der Waals surface area contributed by atoms with Gasteiger partial charge in [-0.2, -0.15) is 0 Å². The van der Waals surface area contributed by atoms with Gasteiger partial charge in [0.1, 0.15) is 0 Å². The van der Waals surface area contributed by atoms with Crippen LogP contribution < -0.4 is 5.32 Å². The Kier molecular flexibility index (Phi) is 5.46. The molecular formula is C14H13BrN2O3S. The minimum Gasteiger partial charge on any atom is -0.481 e. The van der Waals surface area contributed by atoms with Gasteiger partial charge < -0.3 is 10.4 Å². The van der Waals surface area contributed by atoms with Crippen LogP contribution in [0, 0.1) is 0 Å². The highest BCUT2D eigenvalue weighted by atomic mass is 79.9. The van der Waals surface area contributed by atoms with Crippen LogP contribution >= 0.6 is 27.3 Å². The topological polar surface area (TPSA) is 79.3 Å². The standard InChI is InChI=1S/C14H13BrN2O3S/c15-10-6-4-9(5-7-10)11-8-21-14(16-11)17-12(18)2-1-3-13(19)20/h4-8H,1-3H2,(H,19,20)(H,16,17,18). The maximum absolute atomic E-state index is 11.6. The van der Waals surface area contributed by atoms with Crippen LogP contribution in [0.2, 0.25) is 0 Å². The number of carbonyl (C=O) groups excluding carboxylic acids is 1. The molecule has 110 valence electrons. The molecule has 7 heteroatoms. The Balaban J connectivity index is 1.92. The van der Waals surface area contributed by atoms with Gasteiger partial charge in [0.2, 0.25) is 5.91 Å². The van der Waals surface area contributed by atoms with E-state index in [4.69, 9.17) is 5.11 Å². The van der Waals surface area contributed by atoms with E-state index < -0.39 is 5.97 Å². The number of thiazole rings is 1. The number of aliphatic carboxylic acids is 1. The summed E-state index contributed by atoms with van der Waals surface area (Å²) in [5.74, 6) is -1.11. The lowest BCUT2D eigenvalue weighted by atomic mass is 10.2. The van der Waals surface area contributed by atoms with Crippen LogP contribution in [-0.4, -0.2) is 22.0 Å². The van der Waals surface area contributed by atoms with Crippen LogP contribution in [0.5, 0.6) is 0 Å². The summed E-state index contributed by atoms with van der Waals surface area (Å²) >= 11 is 4.72. The van der Waals surface area contributed by atoms with Crippen molar-refractivity contribution in [1.82, 2.24) is 4.98 Å². The van der Waals surface area contributed by atoms with E-state index in [-0.39, 0.29) is 18.7 Å². The number of nitrogens with one attached hydrogen (secondary N) is 1. The van der Waals surface area contributed by atoms with Gasteiger partial charge >= 0.3 is 5.97 Å². The third-order valence-electron chi connectivity index (χ3n) is 2.69. The molecule has 0 aliphatic carbocycles. The molecule has 5 nitrogen and oxygen atoms in total. The van der Waals surface area contributed by atoms with Gasteiger partial charge in [0.25, 0.3) is 0 Å². The fraction of sp³-hybridized carbons (Fsp3) is 0.214. The molecule has 0 bridgehead atoms. The first-order valence-corrected chi connectivity index (χ1v) is 7.95. The highest BCUT2D eigenvalue weighted by Crippen LogP contribution is 2.26. The SMILES string of the molecule is O=C(O)CCCC(=O)Nc1nc(-c2ccc(Br)cc2)cs1. The van der Waals surface area contributed by atoms with Gasteiger partial charge in [-0.05, 0) is 18.6 Å². The van der Waals surface area contributed by atoms with Crippen molar-refractivity contribution in [2.24, 2.45) is 0 Å². The van der Waals surface area contributed by atoms with Crippen LogP contribution in [0.15, 0.2) is 34.1 Å². The summed E-state index contributed by atoms with van der Waals surface area (Å²) in [7, 11) is 0. The Morgan fingerprint density at radius 2 is 1.95 bits per heavy atom. The molecule has 1 aromatic heterocycles. The second kappa shape index (κ2) is 7.33. The van der Waals surface area contributed by atoms with Gasteiger partial charge in [0.15, 0.2) is 5.13 Å². The molecule has 0 aliphatic rings. The van der Waals surface area contributed by atoms with E-state index in [2.05, 4.69) is 26.2 Å². The molecule has 0 unspecified atom stereocenters. The number of nitrogens with zero attached hydrogens (tertiary/aromatic N) is 1. The van der Waals surface area contributed by atoms with Crippen molar-refractivity contribution in [3.8, 4) is 11.3 Å². The summed E-state index contributed by atoms with van der Waals surface area (Å²) in [6.07, 6.45) is 0.501. The van der Waals surface area contributed by atoms with E-state index in [0.717, 1.165) is 15.7 Å². The number of rotatable bonds is 6. The summed E-state index contributed by atoms with van der Waals surface area (Å²) in [6.45, 7) is 0. The molecule has 2 aromatic rings. The van der Waals surface area contributed by atoms with E-state index in [1.165, 1.54) is 11.3 Å². The maximum atomic E-state index is 11.6. The Bertz CT molecular complexity index is 640. The Hall–Kier alpha value is -1.73. The van der Waals surface area contributed by atoms with E-state index in [9.17, 15) is 9.59 Å². The van der Waals surface area contributed by atoms with Gasteiger partial charge in [0, 0.05) is 28.3 Å². The summed E-state index contributed by atoms with van der Waals surface area (Å²) in [5.41, 5.74) is 1.77. The first-order chi connectivity index (χ1) is 10.0. The number of anilines is 1. The molecular weight excluding hydrogens is 356 g/mol. The van der Waals surface area contributed by atoms with Gasteiger partial charge in [0.05, 0.1) is 5.69 Å². The molecule has 1 amide bonds. The molecule has 1 aromatic carbocycles. The largest absolute Gasteiger partial charge is 0.481 e. The van der Waals surface area contributed by atoms with Crippen molar-refractivity contribution < 1.29 is 14.7 Å². The quantitative estimate of drug-likeness (QED) is 0.813. The maximum Gasteiger partial charge on any atom is 0.303 e. The number of benzene rings is 1. The highest BCUT2D eigenvalue weighted by Gasteiger charge is 2.08. The fourth-order valence-electron chi connectivity index (χ4n) is 1.67. The highest BCUT2D eigenvalue weighted by molar-refractivity contribution is 9.10. The molecule has 21 heavy (non-hydrogen) atoms. The third-order valence-corrected chi connectivity index (χ3v) is 3.97. The summed E-state index contributed by atoms with van der Waals surface area (Å²) in [4.78, 5) is 26.4. The molecule has 0 fully saturated rings. The Morgan fingerprint density at radius 3 is 2.62 bits per heavy atom. The number of carboxylic acids is 1. The lowest BCUT2D eigenvalue weighted by molar-refractivity contribution is -0.137. The number of aromatic nitrogens is 1. The average molecular weight is 369 g/mol. The molecule has 2 rings (SSSR count). The molecule has 1 heterocycles. The zero-order chi connectivity index (χ0) is 15.2. The van der Waals surface area contributed by atoms with Gasteiger partial charge in [-0.15, -0.1) is 11.3 Å². The Labute approximate surface area is 134 Å². The van der Waals surface area contributed by atoms with Crippen molar-refractivity contribution in [3.63, 3.8) is 0 Å². The minimum absolute atomic E-state index is 0.00453. The zero-order valence-corrected chi connectivity index (χ0v) is 13.4. The minimum atomic E-state index is -0.894. The van der Waals surface area contributed by atoms with Crippen molar-refractivity contribution in [2.45, 2.75) is 19.3 Å². The molecule has 0 saturated carbocycles. The number of carbonyl (C=O) groups is 2. The number of amides is 1. The van der Waals surface area contributed by atoms with Gasteiger partial charge in [-0.3, -0.25) is 9.59 Å². The second-order valence-corrected chi connectivity index (χ2v) is 6.11. The zero-order valence-electron chi connectivity index (χ0n) is 11.0. The fourth-order valence-corrected chi connectivity index (χ4v) is 2.67. The smallest absolute Gasteiger partial charge is 0.303 e. The molecule has 0 atom stereocenters. The molecule has 2 N–H and O–H groups in total. The van der Waals surface area contributed by atoms with Crippen LogP contribution in [-0.2, 0) is 9.59 Å². The van der Waals surface area contributed by atoms with E-state index in [1.807, 2.05) is 29.6 Å². The van der Waals surface area contributed by atoms with Gasteiger partial charge in [-0.25, -0.2) is 4.98 Å². The molecule has 0 aliphatic heterocycles. The van der Waals surface area contributed by atoms with Crippen molar-refractivity contribution >= 4 is 44.3 Å². The summed E-state index contributed by atoms with van der Waals surface area (Å²) in [6, 6.07) is 7.74. The summed E-state index contributed by atoms with van der Waals surface area (Å²) < 4.78 is 0.994. The molecule has 0 spiro atoms. The summed E-state index contributed by atoms with van der Waals surface area (Å²) in [5, 5.41) is 13.6. The normalized spacial score (nSPS) is 10.3. The second-order valence-electron chi connectivity index (χ2n) is 4.34. The van der Waals surface area contributed by atoms with Crippen LogP contribution in [0.4, 0.5) is 5.13 Å². The lowest BCUT2D eigenvalue weighted by Gasteiger charge is -2.00. The molecule has 0 saturated heterocycles. The van der Waals surface area contributed by atoms with Crippen molar-refractivity contribution in [1.29, 1.82) is 0 Å². The van der Waals surface area contributed by atoms with Crippen LogP contribution in [0.25, 0.3) is 11.3 Å². The van der Waals surface area contributed by atoms with E-state index >= 15 is 0 Å². The average Bonchev–Trinajstić information content (AvgIpc) is 2.87. The third kappa shape index (κ3) is 4.95. The van der Waals surface area contributed by atoms with Crippen LogP contribution in [0.1, 0.15) is 19.3 Å². The predicted octanol–water partition coefficient (Wildman–Crippen LogP) is 3.77. The first kappa shape index (κ1) is 15.7. The monoisotopic (exact) mass is 368 g/mol. The van der Waals surface area contributed by atoms with Crippen molar-refractivity contribution in [3.05, 3.63) is 34.1 Å². The number of hydrogen-bond donors (Lipinski definition) is 2. The number of hydrogen-bond acceptors (Lipinski definition) is 4. The van der Waals surface area contributed by atoms with Crippen molar-refractivity contribution in [2.75, 3.05) is 5.32 Å². The van der Waals surface area contributed by atoms with E-state index in [0.29, 0.717) is 11.6 Å². The molecule has 0 radical (unpaired) electrons. The first-order valence-electron chi connectivity index (χ1n) is 6.28. The van der Waals surface area contributed by atoms with Gasteiger partial charge in [-0.1, -0.05) is 28.1 Å². The number of carboxylic acid groups (broad SMARTS) is 1. The lowest BCUT2D eigenvalue weighted by Crippen LogP contribution is -2.11.